The van der Waals surface area contributed by atoms with Crippen LogP contribution in [0, 0.1) is 0 Å². The number of benzene rings is 2. The Morgan fingerprint density at radius 3 is 0.674 bits per heavy atom. The van der Waals surface area contributed by atoms with Gasteiger partial charge in [0.1, 0.15) is 24.7 Å². The van der Waals surface area contributed by atoms with Crippen LogP contribution in [0.5, 0.6) is 11.5 Å². The zero-order valence-corrected chi connectivity index (χ0v) is 81.8. The van der Waals surface area contributed by atoms with E-state index in [-0.39, 0.29) is 40.8 Å². The van der Waals surface area contributed by atoms with Gasteiger partial charge < -0.3 is 70.3 Å². The first-order valence-electron chi connectivity index (χ1n) is 37.2. The summed E-state index contributed by atoms with van der Waals surface area (Å²) >= 11 is 7.07. The first kappa shape index (κ1) is 135. The van der Waals surface area contributed by atoms with Gasteiger partial charge >= 0.3 is 239 Å². The van der Waals surface area contributed by atoms with E-state index in [1.165, 1.54) is 51.7 Å². The van der Waals surface area contributed by atoms with Crippen LogP contribution >= 0.6 is 93.9 Å². The average Bonchev–Trinajstić information content (AvgIpc) is 1.03. The second-order valence-corrected chi connectivity index (χ2v) is 41.9. The molecule has 0 radical (unpaired) electrons. The van der Waals surface area contributed by atoms with Crippen LogP contribution in [0.25, 0.3) is 33.0 Å². The Morgan fingerprint density at radius 1 is 0.261 bits per heavy atom. The fraction of sp³-hybridized carbons (Fsp3) is 0.343. The van der Waals surface area contributed by atoms with Gasteiger partial charge in [0.15, 0.2) is 37.9 Å². The molecule has 0 fully saturated rings. The molecular weight excluding hydrogens is 2350 g/mol. The van der Waals surface area contributed by atoms with Crippen LogP contribution < -0.4 is 41.5 Å². The maximum Gasteiger partial charge on any atom is 2.00 e. The number of nitrogens with zero attached hydrogens (tertiary/aromatic N) is 6. The summed E-state index contributed by atoms with van der Waals surface area (Å²) in [6.45, 7) is 13.3. The summed E-state index contributed by atoms with van der Waals surface area (Å²) < 4.78 is 420. The minimum Gasteiger partial charge on any atom is -0.329 e. The van der Waals surface area contributed by atoms with Crippen LogP contribution in [0.4, 0.5) is 151 Å². The van der Waals surface area contributed by atoms with Crippen LogP contribution in [0.1, 0.15) is 11.1 Å². The second-order valence-electron chi connectivity index (χ2n) is 25.9. The van der Waals surface area contributed by atoms with Gasteiger partial charge in [0.05, 0.1) is 114 Å². The summed E-state index contributed by atoms with van der Waals surface area (Å²) in [6, 6.07) is 36.6. The molecular formula is C70H88F36N10O10P6Pd2S4. The Hall–Kier alpha value is -5.28. The number of nitrogens with two attached hydrogens (primary N) is 4. The number of hydrogen-bond donors (Lipinski definition) is 4. The molecule has 8 aromatic rings. The Morgan fingerprint density at radius 2 is 0.457 bits per heavy atom. The molecule has 0 atom stereocenters. The molecule has 0 saturated carbocycles. The molecule has 0 saturated heterocycles. The third-order valence-corrected chi connectivity index (χ3v) is 18.4. The Labute approximate surface area is 807 Å². The fourth-order valence-electron chi connectivity index (χ4n) is 8.47. The molecule has 11 rings (SSSR count). The number of hydrogen-bond acceptors (Lipinski definition) is 22. The van der Waals surface area contributed by atoms with Crippen molar-refractivity contribution in [3.63, 3.8) is 0 Å². The minimum atomic E-state index is -10.7. The van der Waals surface area contributed by atoms with Gasteiger partial charge in [-0.3, -0.25) is 19.9 Å². The van der Waals surface area contributed by atoms with Crippen LogP contribution in [0.15, 0.2) is 213 Å². The van der Waals surface area contributed by atoms with Crippen LogP contribution in [0.2, 0.25) is 0 Å². The van der Waals surface area contributed by atoms with E-state index in [2.05, 4.69) is 88.9 Å². The zero-order valence-electron chi connectivity index (χ0n) is 70.1. The predicted molar refractivity (Wildman–Crippen MR) is 459 cm³/mol. The molecule has 8 N–H and O–H groups in total. The van der Waals surface area contributed by atoms with Gasteiger partial charge in [-0.15, -0.1) is 0 Å². The van der Waals surface area contributed by atoms with Crippen LogP contribution in [-0.2, 0) is 91.8 Å². The van der Waals surface area contributed by atoms with Gasteiger partial charge in [-0.25, -0.2) is 9.13 Å². The summed E-state index contributed by atoms with van der Waals surface area (Å²) in [5.41, 5.74) is 26.9. The Balaban J connectivity index is 0. The normalized spacial score (nSPS) is 18.4. The molecule has 0 amide bonds. The summed E-state index contributed by atoms with van der Waals surface area (Å²) in [4.78, 5) is 18.5. The summed E-state index contributed by atoms with van der Waals surface area (Å²) in [6.07, 6.45) is 22.9. The van der Waals surface area contributed by atoms with E-state index in [0.29, 0.717) is 145 Å². The van der Waals surface area contributed by atoms with Crippen LogP contribution in [-0.4, -0.2) is 165 Å². The number of rotatable bonds is 8. The molecule has 8 bridgehead atoms. The van der Waals surface area contributed by atoms with Gasteiger partial charge in [0.2, 0.25) is 0 Å². The number of halogens is 36. The van der Waals surface area contributed by atoms with Crippen molar-refractivity contribution in [2.24, 2.45) is 22.9 Å². The molecule has 20 nitrogen and oxygen atoms in total. The predicted octanol–water partition coefficient (Wildman–Crippen LogP) is 29.6. The van der Waals surface area contributed by atoms with Crippen molar-refractivity contribution < 1.29 is 248 Å². The molecule has 2 aromatic carbocycles. The van der Waals surface area contributed by atoms with E-state index in [0.717, 1.165) is 35.4 Å². The van der Waals surface area contributed by atoms with Gasteiger partial charge in [0, 0.05) is 132 Å². The molecule has 3 aliphatic rings. The molecule has 0 unspecified atom stereocenters. The third-order valence-electron chi connectivity index (χ3n) is 13.1. The van der Waals surface area contributed by atoms with Crippen molar-refractivity contribution >= 4 is 105 Å². The van der Waals surface area contributed by atoms with Crippen molar-refractivity contribution in [2.75, 3.05) is 145 Å². The molecule has 804 valence electrons. The number of aromatic nitrogens is 6. The maximum absolute atomic E-state index is 10.7. The molecule has 0 spiro atoms. The number of fused-ring (bicyclic) bond motifs is 4. The van der Waals surface area contributed by atoms with E-state index >= 15 is 0 Å². The molecule has 68 heteroatoms. The largest absolute Gasteiger partial charge is 2.00 e. The minimum absolute atomic E-state index is 0. The van der Waals surface area contributed by atoms with Crippen molar-refractivity contribution in [3.8, 4) is 33.8 Å². The number of thioether (sulfide) groups is 4. The van der Waals surface area contributed by atoms with Gasteiger partial charge in [-0.05, 0) is 93.7 Å². The fourth-order valence-corrected chi connectivity index (χ4v) is 13.3. The van der Waals surface area contributed by atoms with E-state index in [4.69, 9.17) is 70.3 Å². The van der Waals surface area contributed by atoms with E-state index in [9.17, 15) is 151 Å². The van der Waals surface area contributed by atoms with Crippen molar-refractivity contribution in [2.45, 2.75) is 13.1 Å². The molecule has 138 heavy (non-hydrogen) atoms. The van der Waals surface area contributed by atoms with Crippen LogP contribution in [0.3, 0.4) is 0 Å². The molecule has 3 aliphatic heterocycles. The Bertz CT molecular complexity index is 4460. The second kappa shape index (κ2) is 52.7. The quantitative estimate of drug-likeness (QED) is 0.0477. The number of pyridine rings is 6. The Kier molecular flexibility index (Phi) is 51.4. The third kappa shape index (κ3) is 105. The van der Waals surface area contributed by atoms with Gasteiger partial charge in [-0.1, -0.05) is 71.3 Å². The van der Waals surface area contributed by atoms with E-state index in [1.54, 1.807) is 71.8 Å². The van der Waals surface area contributed by atoms with Crippen molar-refractivity contribution in [1.29, 1.82) is 0 Å². The zero-order chi connectivity index (χ0) is 104. The summed E-state index contributed by atoms with van der Waals surface area (Å²) in [7, 11) is -63.9. The summed E-state index contributed by atoms with van der Waals surface area (Å²) in [5.74, 6) is 1.58. The van der Waals surface area contributed by atoms with Gasteiger partial charge in [-0.2, -0.15) is 0 Å². The number of ether oxygens (including phenoxy) is 10. The smallest absolute Gasteiger partial charge is 0.329 e. The standard InChI is InChI=1S/C34H44O10S4.C22H20N4.C10H8N2.2C2H8N2.6F6P.2Pd/c1-3-29-30-4-2-6-32(29)44-22-20-40-14-12-36-8-10-38-16-18-42-24-28-26-46-34(48-28)33-45-25-27(47-33)23-41-17-15-37-9-7-35-11-13-39-19-21-43-31(30)5-1;1-9-23-10-2-19(1)17-25-13-5-21(6-14-25)22-7-15-26(16-8-22)18-20-3-11-24-12-4-20;1-5-11-6-2-9(1)10-3-7-12-8-4-10;2*3-1-2-4;6*1-7(2,3,4,5)6;;/h1-6,25-26H,7-24H2;1-16H,17-18H2;1-8H;2*1-4H2;;;;;;;;/q;+2;;;;6*-1;2*+2/b34-33+;;;;;;;;;;;;. The first-order chi connectivity index (χ1) is 61.2. The summed E-state index contributed by atoms with van der Waals surface area (Å²) in [5, 5.41) is 6.32. The molecule has 6 aromatic heterocycles. The maximum atomic E-state index is 9.87. The monoisotopic (exact) mass is 2440 g/mol. The first-order valence-corrected chi connectivity index (χ1v) is 52.8. The van der Waals surface area contributed by atoms with Crippen molar-refractivity contribution in [3.05, 3.63) is 224 Å². The average molecular weight is 2440 g/mol. The SMILES string of the molecule is C1=C2COCCOCCOCCOCCOc3cccc4c(cccc34)OCCOCCOCCOCCOCC3=CS/C(=C(/S1)S2)S3.F[P-](F)(F)(F)(F)F.F[P-](F)(F)(F)(F)F.F[P-](F)(F)(F)(F)F.F[P-](F)(F)(F)(F)F.F[P-](F)(F)(F)(F)F.F[P-](F)(F)(F)(F)F.NCCN.NCCN.[Pd+2].[Pd+2].c1cc(-c2ccncc2)ccn1.c1cc(C[n+]2ccc(-c3cc[n+](Cc4ccncc4)cc3)cc2)ccn1. The van der Waals surface area contributed by atoms with Gasteiger partial charge in [0.25, 0.3) is 0 Å². The van der Waals surface area contributed by atoms with E-state index < -0.39 is 46.9 Å². The topological polar surface area (TPSA) is 256 Å². The molecule has 0 aliphatic carbocycles. The van der Waals surface area contributed by atoms with Crippen molar-refractivity contribution in [1.82, 2.24) is 19.9 Å². The molecule has 9 heterocycles. The van der Waals surface area contributed by atoms with E-state index in [1.807, 2.05) is 110 Å².